The topological polar surface area (TPSA) is 124 Å². The molecule has 0 spiro atoms. The normalized spacial score (nSPS) is 16.2. The lowest BCUT2D eigenvalue weighted by Gasteiger charge is -2.34. The van der Waals surface area contributed by atoms with Crippen molar-refractivity contribution in [2.75, 3.05) is 11.4 Å². The first kappa shape index (κ1) is 18.8. The average Bonchev–Trinajstić information content (AvgIpc) is 3.09. The van der Waals surface area contributed by atoms with Crippen molar-refractivity contribution in [2.45, 2.75) is 45.9 Å². The van der Waals surface area contributed by atoms with Gasteiger partial charge in [-0.1, -0.05) is 5.16 Å². The number of alkyl carbamates (subject to hydrolysis) is 1. The van der Waals surface area contributed by atoms with E-state index >= 15 is 0 Å². The van der Waals surface area contributed by atoms with Gasteiger partial charge in [0, 0.05) is 24.7 Å². The van der Waals surface area contributed by atoms with Crippen LogP contribution in [0.3, 0.4) is 0 Å². The summed E-state index contributed by atoms with van der Waals surface area (Å²) in [6.45, 7) is 5.75. The van der Waals surface area contributed by atoms with Crippen molar-refractivity contribution in [3.8, 4) is 11.4 Å². The van der Waals surface area contributed by atoms with Gasteiger partial charge in [0.15, 0.2) is 0 Å². The fourth-order valence-corrected chi connectivity index (χ4v) is 3.08. The number of benzene rings is 1. The van der Waals surface area contributed by atoms with E-state index in [0.29, 0.717) is 30.2 Å². The van der Waals surface area contributed by atoms with E-state index in [1.807, 2.05) is 18.2 Å². The summed E-state index contributed by atoms with van der Waals surface area (Å²) in [4.78, 5) is 30.0. The van der Waals surface area contributed by atoms with Gasteiger partial charge in [-0.05, 0) is 44.0 Å². The first-order chi connectivity index (χ1) is 12.9. The van der Waals surface area contributed by atoms with Gasteiger partial charge in [-0.2, -0.15) is 4.98 Å². The summed E-state index contributed by atoms with van der Waals surface area (Å²) in [7, 11) is 0. The molecule has 9 heteroatoms. The molecule has 1 unspecified atom stereocenters. The maximum Gasteiger partial charge on any atom is 0.407 e. The quantitative estimate of drug-likeness (QED) is 0.841. The second-order valence-corrected chi connectivity index (χ2v) is 6.60. The van der Waals surface area contributed by atoms with Crippen LogP contribution in [0.1, 0.15) is 44.7 Å². The van der Waals surface area contributed by atoms with Crippen LogP contribution in [0.2, 0.25) is 0 Å². The summed E-state index contributed by atoms with van der Waals surface area (Å²) in [5.74, 6) is 0.683. The molecule has 2 aromatic rings. The molecule has 0 radical (unpaired) electrons. The molecule has 1 aromatic carbocycles. The maximum atomic E-state index is 12.1. The number of ether oxygens (including phenoxy) is 1. The van der Waals surface area contributed by atoms with Crippen molar-refractivity contribution in [1.29, 1.82) is 0 Å². The average molecular weight is 373 g/mol. The number of aromatic nitrogens is 2. The van der Waals surface area contributed by atoms with Crippen molar-refractivity contribution in [3.63, 3.8) is 0 Å². The number of nitrogens with two attached hydrogens (primary N) is 1. The standard InChI is InChI=1S/C18H23N5O4/c1-10(2)26-18(25)20-14-6-7-23(11(3)24)15-5-4-12(8-13(14)15)17-21-16(9-19)27-22-17/h4-5,8,10,14H,6-7,9,19H2,1-3H3,(H,20,25). The maximum absolute atomic E-state index is 12.1. The molecule has 3 rings (SSSR count). The molecule has 1 aliphatic heterocycles. The number of carbonyl (C=O) groups excluding carboxylic acids is 2. The molecule has 1 atom stereocenters. The van der Waals surface area contributed by atoms with E-state index in [4.69, 9.17) is 15.0 Å². The van der Waals surface area contributed by atoms with Gasteiger partial charge < -0.3 is 25.2 Å². The predicted molar refractivity (Wildman–Crippen MR) is 97.8 cm³/mol. The third kappa shape index (κ3) is 4.08. The number of fused-ring (bicyclic) bond motifs is 1. The van der Waals surface area contributed by atoms with Gasteiger partial charge in [0.2, 0.25) is 17.6 Å². The summed E-state index contributed by atoms with van der Waals surface area (Å²) in [6.07, 6.45) is -0.140. The highest BCUT2D eigenvalue weighted by atomic mass is 16.6. The van der Waals surface area contributed by atoms with Crippen LogP contribution >= 0.6 is 0 Å². The Balaban J connectivity index is 1.96. The number of anilines is 1. The highest BCUT2D eigenvalue weighted by molar-refractivity contribution is 5.93. The summed E-state index contributed by atoms with van der Waals surface area (Å²) in [6, 6.07) is 5.21. The van der Waals surface area contributed by atoms with Crippen LogP contribution in [-0.2, 0) is 16.1 Å². The van der Waals surface area contributed by atoms with Crippen LogP contribution in [0.15, 0.2) is 22.7 Å². The van der Waals surface area contributed by atoms with Crippen LogP contribution < -0.4 is 16.0 Å². The Morgan fingerprint density at radius 3 is 2.85 bits per heavy atom. The van der Waals surface area contributed by atoms with E-state index in [1.165, 1.54) is 6.92 Å². The van der Waals surface area contributed by atoms with Gasteiger partial charge in [0.25, 0.3) is 0 Å². The zero-order chi connectivity index (χ0) is 19.6. The fraction of sp³-hybridized carbons (Fsp3) is 0.444. The van der Waals surface area contributed by atoms with Crippen molar-refractivity contribution in [2.24, 2.45) is 5.73 Å². The molecule has 144 valence electrons. The second kappa shape index (κ2) is 7.75. The Kier molecular flexibility index (Phi) is 5.41. The molecule has 0 saturated heterocycles. The Morgan fingerprint density at radius 1 is 1.44 bits per heavy atom. The van der Waals surface area contributed by atoms with E-state index in [2.05, 4.69) is 15.5 Å². The number of rotatable bonds is 4. The Morgan fingerprint density at radius 2 is 2.22 bits per heavy atom. The lowest BCUT2D eigenvalue weighted by molar-refractivity contribution is -0.116. The zero-order valence-corrected chi connectivity index (χ0v) is 15.6. The number of amides is 2. The van der Waals surface area contributed by atoms with Gasteiger partial charge in [-0.3, -0.25) is 4.79 Å². The Bertz CT molecular complexity index is 848. The summed E-state index contributed by atoms with van der Waals surface area (Å²) >= 11 is 0. The van der Waals surface area contributed by atoms with E-state index in [0.717, 1.165) is 11.3 Å². The summed E-state index contributed by atoms with van der Waals surface area (Å²) in [5.41, 5.74) is 7.78. The number of carbonyl (C=O) groups is 2. The molecule has 0 fully saturated rings. The predicted octanol–water partition coefficient (Wildman–Crippen LogP) is 2.13. The molecule has 1 aromatic heterocycles. The number of nitrogens with zero attached hydrogens (tertiary/aromatic N) is 3. The van der Waals surface area contributed by atoms with Crippen LogP contribution in [0.5, 0.6) is 0 Å². The molecule has 27 heavy (non-hydrogen) atoms. The summed E-state index contributed by atoms with van der Waals surface area (Å²) < 4.78 is 10.3. The van der Waals surface area contributed by atoms with Gasteiger partial charge in [-0.15, -0.1) is 0 Å². The summed E-state index contributed by atoms with van der Waals surface area (Å²) in [5, 5.41) is 6.80. The fourth-order valence-electron chi connectivity index (χ4n) is 3.08. The van der Waals surface area contributed by atoms with Crippen molar-refractivity contribution < 1.29 is 18.8 Å². The van der Waals surface area contributed by atoms with Crippen LogP contribution in [-0.4, -0.2) is 34.8 Å². The molecule has 0 saturated carbocycles. The first-order valence-corrected chi connectivity index (χ1v) is 8.81. The lowest BCUT2D eigenvalue weighted by atomic mass is 9.94. The molecule has 1 aliphatic rings. The largest absolute Gasteiger partial charge is 0.447 e. The zero-order valence-electron chi connectivity index (χ0n) is 15.6. The Labute approximate surface area is 156 Å². The van der Waals surface area contributed by atoms with Gasteiger partial charge in [-0.25, -0.2) is 4.79 Å². The smallest absolute Gasteiger partial charge is 0.407 e. The third-order valence-electron chi connectivity index (χ3n) is 4.25. The van der Waals surface area contributed by atoms with E-state index < -0.39 is 6.09 Å². The first-order valence-electron chi connectivity index (χ1n) is 8.81. The Hall–Kier alpha value is -2.94. The van der Waals surface area contributed by atoms with Crippen molar-refractivity contribution >= 4 is 17.7 Å². The van der Waals surface area contributed by atoms with Gasteiger partial charge in [0.05, 0.1) is 18.7 Å². The van der Waals surface area contributed by atoms with E-state index in [-0.39, 0.29) is 24.6 Å². The minimum Gasteiger partial charge on any atom is -0.447 e. The van der Waals surface area contributed by atoms with Crippen molar-refractivity contribution in [1.82, 2.24) is 15.5 Å². The molecular formula is C18H23N5O4. The molecule has 3 N–H and O–H groups in total. The van der Waals surface area contributed by atoms with E-state index in [9.17, 15) is 9.59 Å². The van der Waals surface area contributed by atoms with Crippen LogP contribution in [0.4, 0.5) is 10.5 Å². The molecule has 0 aliphatic carbocycles. The molecule has 0 bridgehead atoms. The molecular weight excluding hydrogens is 350 g/mol. The molecule has 9 nitrogen and oxygen atoms in total. The monoisotopic (exact) mass is 373 g/mol. The molecule has 2 heterocycles. The minimum absolute atomic E-state index is 0.0582. The number of hydrogen-bond acceptors (Lipinski definition) is 7. The SMILES string of the molecule is CC(=O)N1CCC(NC(=O)OC(C)C)c2cc(-c3noc(CN)n3)ccc21. The number of nitrogens with one attached hydrogen (secondary N) is 1. The van der Waals surface area contributed by atoms with Gasteiger partial charge in [0.1, 0.15) is 0 Å². The molecule has 2 amide bonds. The van der Waals surface area contributed by atoms with Crippen LogP contribution in [0.25, 0.3) is 11.4 Å². The minimum atomic E-state index is -0.493. The highest BCUT2D eigenvalue weighted by Gasteiger charge is 2.29. The van der Waals surface area contributed by atoms with E-state index in [1.54, 1.807) is 18.7 Å². The lowest BCUT2D eigenvalue weighted by Crippen LogP contribution is -2.40. The highest BCUT2D eigenvalue weighted by Crippen LogP contribution is 2.36. The second-order valence-electron chi connectivity index (χ2n) is 6.60. The third-order valence-corrected chi connectivity index (χ3v) is 4.25. The van der Waals surface area contributed by atoms with Crippen LogP contribution in [0, 0.1) is 0 Å². The van der Waals surface area contributed by atoms with Gasteiger partial charge >= 0.3 is 6.09 Å². The number of hydrogen-bond donors (Lipinski definition) is 2. The van der Waals surface area contributed by atoms with Crippen molar-refractivity contribution in [3.05, 3.63) is 29.7 Å².